The standard InChI is InChI=1S/C18H24N4/c1-21(2)18-17(11-5-6-12-22-13-7-8-14-22)19-15-9-3-4-10-16(15)20-18/h3-5,9-11H,6-8,12-14H2,1-2H3/b11-5+. The second-order valence-electron chi connectivity index (χ2n) is 6.06. The van der Waals surface area contributed by atoms with E-state index in [9.17, 15) is 0 Å². The van der Waals surface area contributed by atoms with Crippen molar-refractivity contribution in [2.45, 2.75) is 19.3 Å². The third kappa shape index (κ3) is 3.45. The van der Waals surface area contributed by atoms with Crippen molar-refractivity contribution in [3.63, 3.8) is 0 Å². The molecule has 1 aromatic heterocycles. The van der Waals surface area contributed by atoms with E-state index in [0.29, 0.717) is 0 Å². The number of hydrogen-bond donors (Lipinski definition) is 0. The van der Waals surface area contributed by atoms with Crippen LogP contribution in [-0.2, 0) is 0 Å². The summed E-state index contributed by atoms with van der Waals surface area (Å²) in [6.45, 7) is 3.66. The Morgan fingerprint density at radius 2 is 1.77 bits per heavy atom. The highest BCUT2D eigenvalue weighted by Crippen LogP contribution is 2.20. The van der Waals surface area contributed by atoms with Gasteiger partial charge < -0.3 is 9.80 Å². The second kappa shape index (κ2) is 6.88. The van der Waals surface area contributed by atoms with Crippen molar-refractivity contribution in [2.75, 3.05) is 38.6 Å². The zero-order valence-electron chi connectivity index (χ0n) is 13.5. The molecule has 4 nitrogen and oxygen atoms in total. The fourth-order valence-corrected chi connectivity index (χ4v) is 2.90. The van der Waals surface area contributed by atoms with E-state index in [2.05, 4.69) is 17.1 Å². The lowest BCUT2D eigenvalue weighted by Gasteiger charge is -2.15. The van der Waals surface area contributed by atoms with Crippen LogP contribution in [0, 0.1) is 0 Å². The van der Waals surface area contributed by atoms with E-state index in [-0.39, 0.29) is 0 Å². The summed E-state index contributed by atoms with van der Waals surface area (Å²) in [6, 6.07) is 8.04. The normalized spacial score (nSPS) is 15.9. The highest BCUT2D eigenvalue weighted by Gasteiger charge is 2.10. The minimum Gasteiger partial charge on any atom is -0.361 e. The first-order valence-corrected chi connectivity index (χ1v) is 8.07. The van der Waals surface area contributed by atoms with Crippen molar-refractivity contribution < 1.29 is 0 Å². The largest absolute Gasteiger partial charge is 0.361 e. The molecule has 0 aliphatic carbocycles. The van der Waals surface area contributed by atoms with E-state index in [1.807, 2.05) is 43.3 Å². The molecule has 0 saturated carbocycles. The number of nitrogens with zero attached hydrogens (tertiary/aromatic N) is 4. The van der Waals surface area contributed by atoms with Crippen LogP contribution in [0.25, 0.3) is 17.1 Å². The minimum atomic E-state index is 0.927. The number of fused-ring (bicyclic) bond motifs is 1. The Balaban J connectivity index is 1.77. The first-order valence-electron chi connectivity index (χ1n) is 8.07. The van der Waals surface area contributed by atoms with Gasteiger partial charge in [-0.25, -0.2) is 9.97 Å². The Kier molecular flexibility index (Phi) is 4.68. The van der Waals surface area contributed by atoms with Crippen molar-refractivity contribution in [3.8, 4) is 0 Å². The summed E-state index contributed by atoms with van der Waals surface area (Å²) in [7, 11) is 4.03. The van der Waals surface area contributed by atoms with Crippen molar-refractivity contribution in [1.82, 2.24) is 14.9 Å². The van der Waals surface area contributed by atoms with Gasteiger partial charge in [-0.05, 0) is 50.6 Å². The minimum absolute atomic E-state index is 0.927. The average molecular weight is 296 g/mol. The van der Waals surface area contributed by atoms with Gasteiger partial charge >= 0.3 is 0 Å². The second-order valence-corrected chi connectivity index (χ2v) is 6.06. The predicted molar refractivity (Wildman–Crippen MR) is 93.2 cm³/mol. The van der Waals surface area contributed by atoms with Gasteiger partial charge in [-0.1, -0.05) is 18.2 Å². The fourth-order valence-electron chi connectivity index (χ4n) is 2.90. The molecule has 0 radical (unpaired) electrons. The van der Waals surface area contributed by atoms with E-state index >= 15 is 0 Å². The highest BCUT2D eigenvalue weighted by atomic mass is 15.2. The Morgan fingerprint density at radius 3 is 2.45 bits per heavy atom. The molecule has 116 valence electrons. The first-order chi connectivity index (χ1) is 10.7. The van der Waals surface area contributed by atoms with E-state index in [1.54, 1.807) is 0 Å². The van der Waals surface area contributed by atoms with Crippen LogP contribution in [0.5, 0.6) is 0 Å². The fraction of sp³-hybridized carbons (Fsp3) is 0.444. The lowest BCUT2D eigenvalue weighted by molar-refractivity contribution is 0.346. The summed E-state index contributed by atoms with van der Waals surface area (Å²) in [5.41, 5.74) is 2.85. The average Bonchev–Trinajstić information content (AvgIpc) is 3.04. The first kappa shape index (κ1) is 15.0. The molecule has 0 atom stereocenters. The summed E-state index contributed by atoms with van der Waals surface area (Å²) in [4.78, 5) is 14.1. The van der Waals surface area contributed by atoms with Crippen molar-refractivity contribution in [3.05, 3.63) is 36.0 Å². The maximum absolute atomic E-state index is 4.76. The maximum atomic E-state index is 4.76. The molecule has 0 amide bonds. The summed E-state index contributed by atoms with van der Waals surface area (Å²) in [5.74, 6) is 0.927. The van der Waals surface area contributed by atoms with E-state index < -0.39 is 0 Å². The molecular formula is C18H24N4. The van der Waals surface area contributed by atoms with Gasteiger partial charge in [-0.15, -0.1) is 0 Å². The number of anilines is 1. The number of rotatable bonds is 5. The van der Waals surface area contributed by atoms with Gasteiger partial charge in [0.25, 0.3) is 0 Å². The molecule has 2 aromatic rings. The van der Waals surface area contributed by atoms with Gasteiger partial charge in [-0.3, -0.25) is 0 Å². The summed E-state index contributed by atoms with van der Waals surface area (Å²) >= 11 is 0. The van der Waals surface area contributed by atoms with Gasteiger partial charge in [0, 0.05) is 20.6 Å². The zero-order chi connectivity index (χ0) is 15.4. The van der Waals surface area contributed by atoms with Crippen molar-refractivity contribution in [2.24, 2.45) is 0 Å². The molecule has 0 N–H and O–H groups in total. The molecule has 0 unspecified atom stereocenters. The molecule has 22 heavy (non-hydrogen) atoms. The topological polar surface area (TPSA) is 32.3 Å². The summed E-state index contributed by atoms with van der Waals surface area (Å²) < 4.78 is 0. The van der Waals surface area contributed by atoms with Gasteiger partial charge in [-0.2, -0.15) is 0 Å². The van der Waals surface area contributed by atoms with Crippen LogP contribution in [0.3, 0.4) is 0 Å². The Morgan fingerprint density at radius 1 is 1.09 bits per heavy atom. The Bertz CT molecular complexity index is 657. The number of para-hydroxylation sites is 2. The van der Waals surface area contributed by atoms with Crippen molar-refractivity contribution in [1.29, 1.82) is 0 Å². The van der Waals surface area contributed by atoms with Crippen LogP contribution in [0.2, 0.25) is 0 Å². The number of likely N-dealkylation sites (tertiary alicyclic amines) is 1. The molecule has 1 saturated heterocycles. The molecule has 4 heteroatoms. The van der Waals surface area contributed by atoms with Crippen LogP contribution >= 0.6 is 0 Å². The molecule has 1 aromatic carbocycles. The number of hydrogen-bond acceptors (Lipinski definition) is 4. The highest BCUT2D eigenvalue weighted by molar-refractivity contribution is 5.79. The number of benzene rings is 1. The van der Waals surface area contributed by atoms with Gasteiger partial charge in [0.2, 0.25) is 0 Å². The molecule has 0 spiro atoms. The third-order valence-electron chi connectivity index (χ3n) is 4.09. The maximum Gasteiger partial charge on any atom is 0.154 e. The Labute approximate surface area is 132 Å². The quantitative estimate of drug-likeness (QED) is 0.848. The summed E-state index contributed by atoms with van der Waals surface area (Å²) in [5, 5.41) is 0. The van der Waals surface area contributed by atoms with Crippen LogP contribution in [0.4, 0.5) is 5.82 Å². The molecule has 1 aliphatic heterocycles. The lowest BCUT2D eigenvalue weighted by atomic mass is 10.2. The smallest absolute Gasteiger partial charge is 0.154 e. The van der Waals surface area contributed by atoms with Gasteiger partial charge in [0.1, 0.15) is 5.69 Å². The van der Waals surface area contributed by atoms with Crippen LogP contribution in [-0.4, -0.2) is 48.6 Å². The predicted octanol–water partition coefficient (Wildman–Crippen LogP) is 3.19. The van der Waals surface area contributed by atoms with Crippen molar-refractivity contribution >= 4 is 22.9 Å². The molecule has 2 heterocycles. The number of aromatic nitrogens is 2. The van der Waals surface area contributed by atoms with E-state index in [4.69, 9.17) is 9.97 Å². The van der Waals surface area contributed by atoms with E-state index in [1.165, 1.54) is 25.9 Å². The van der Waals surface area contributed by atoms with Crippen LogP contribution < -0.4 is 4.90 Å². The molecule has 1 aliphatic rings. The molecule has 3 rings (SSSR count). The summed E-state index contributed by atoms with van der Waals surface area (Å²) in [6.07, 6.45) is 8.12. The van der Waals surface area contributed by atoms with E-state index in [0.717, 1.165) is 35.5 Å². The SMILES string of the molecule is CN(C)c1nc2ccccc2nc1/C=C/CCN1CCCC1. The monoisotopic (exact) mass is 296 g/mol. The van der Waals surface area contributed by atoms with Gasteiger partial charge in [0.15, 0.2) is 5.82 Å². The van der Waals surface area contributed by atoms with Gasteiger partial charge in [0.05, 0.1) is 11.0 Å². The van der Waals surface area contributed by atoms with Crippen LogP contribution in [0.1, 0.15) is 25.0 Å². The third-order valence-corrected chi connectivity index (χ3v) is 4.09. The molecular weight excluding hydrogens is 272 g/mol. The molecule has 1 fully saturated rings. The van der Waals surface area contributed by atoms with Crippen LogP contribution in [0.15, 0.2) is 30.3 Å². The Hall–Kier alpha value is -1.94. The lowest BCUT2D eigenvalue weighted by Crippen LogP contribution is -2.19. The zero-order valence-corrected chi connectivity index (χ0v) is 13.5. The molecule has 0 bridgehead atoms.